The van der Waals surface area contributed by atoms with E-state index >= 15 is 0 Å². The predicted octanol–water partition coefficient (Wildman–Crippen LogP) is 8.69. The van der Waals surface area contributed by atoms with Crippen LogP contribution in [0.25, 0.3) is 10.9 Å². The fourth-order valence-corrected chi connectivity index (χ4v) is 12.3. The summed E-state index contributed by atoms with van der Waals surface area (Å²) in [5.41, 5.74) is 6.14. The normalized spacial score (nSPS) is 13.4. The number of pyridine rings is 1. The summed E-state index contributed by atoms with van der Waals surface area (Å²) in [6.45, 7) is 14.3. The second-order valence-corrected chi connectivity index (χ2v) is 18.1. The lowest BCUT2D eigenvalue weighted by Crippen LogP contribution is -2.51. The Balaban J connectivity index is 1.62. The van der Waals surface area contributed by atoms with Crippen LogP contribution < -0.4 is 13.9 Å². The maximum absolute atomic E-state index is 14.3. The van der Waals surface area contributed by atoms with Crippen LogP contribution >= 0.6 is 0 Å². The maximum atomic E-state index is 14.3. The van der Waals surface area contributed by atoms with Crippen LogP contribution in [0, 0.1) is 5.82 Å². The quantitative estimate of drug-likeness (QED) is 0.158. The molecule has 1 aliphatic heterocycles. The Morgan fingerprint density at radius 2 is 1.57 bits per heavy atom. The molecule has 3 aromatic carbocycles. The summed E-state index contributed by atoms with van der Waals surface area (Å²) in [7, 11) is 0.806. The maximum Gasteiger partial charge on any atom is 0.258 e. The van der Waals surface area contributed by atoms with Gasteiger partial charge < -0.3 is 18.8 Å². The molecule has 2 heterocycles. The van der Waals surface area contributed by atoms with Crippen molar-refractivity contribution in [2.45, 2.75) is 77.7 Å². The number of carbonyl (C=O) groups is 1. The number of amides is 1. The van der Waals surface area contributed by atoms with Gasteiger partial charge in [0.15, 0.2) is 0 Å². The summed E-state index contributed by atoms with van der Waals surface area (Å²) in [4.78, 5) is 21.1. The van der Waals surface area contributed by atoms with Crippen LogP contribution in [-0.4, -0.2) is 38.3 Å². The highest BCUT2D eigenvalue weighted by atomic mass is 28.4. The first-order valence-corrected chi connectivity index (χ1v) is 17.5. The zero-order valence-corrected chi connectivity index (χ0v) is 28.0. The number of carbonyl (C=O) groups excluding carboxylic acids is 1. The van der Waals surface area contributed by atoms with Gasteiger partial charge in [-0.25, -0.2) is 4.39 Å². The number of hydrogen-bond donors (Lipinski definition) is 0. The molecule has 0 aliphatic carbocycles. The van der Waals surface area contributed by atoms with E-state index < -0.39 is 8.32 Å². The van der Waals surface area contributed by atoms with Crippen LogP contribution in [0.1, 0.15) is 74.2 Å². The van der Waals surface area contributed by atoms with Gasteiger partial charge in [-0.1, -0.05) is 53.7 Å². The number of methoxy groups -OCH3 is 2. The number of rotatable bonds is 11. The standard InChI is InChI=1S/C36H43FN2O4Si/c1-22(2)44(23(3)4,24(5)6)43-35-33-29(21-39(36(33)40)20-27-11-14-31(41-7)18-32(27)42-8)17-28-16-26(19-38-34(28)35)15-25-9-12-30(37)13-10-25/h9-14,16-19,22-24H,15,20-21H2,1-8H3. The van der Waals surface area contributed by atoms with Crippen molar-refractivity contribution in [1.82, 2.24) is 9.88 Å². The SMILES string of the molecule is COc1ccc(CN2Cc3cc4cc(Cc5ccc(F)cc5)cnc4c(O[Si](C(C)C)(C(C)C)C(C)C)c3C2=O)c(OC)c1. The van der Waals surface area contributed by atoms with Crippen molar-refractivity contribution in [3.63, 3.8) is 0 Å². The average Bonchev–Trinajstić information content (AvgIpc) is 3.30. The first-order chi connectivity index (χ1) is 21.0. The molecule has 6 nitrogen and oxygen atoms in total. The van der Waals surface area contributed by atoms with E-state index in [2.05, 4.69) is 53.7 Å². The summed E-state index contributed by atoms with van der Waals surface area (Å²) in [5, 5.41) is 0.939. The number of ether oxygens (including phenoxy) is 2. The molecule has 0 spiro atoms. The van der Waals surface area contributed by atoms with Crippen LogP contribution in [0.15, 0.2) is 60.8 Å². The van der Waals surface area contributed by atoms with E-state index in [-0.39, 0.29) is 11.7 Å². The van der Waals surface area contributed by atoms with Gasteiger partial charge in [0.25, 0.3) is 14.2 Å². The lowest BCUT2D eigenvalue weighted by Gasteiger charge is -2.42. The van der Waals surface area contributed by atoms with Gasteiger partial charge in [-0.2, -0.15) is 0 Å². The number of fused-ring (bicyclic) bond motifs is 2. The fraction of sp³-hybridized carbons (Fsp3) is 0.389. The molecule has 1 aromatic heterocycles. The number of nitrogens with zero attached hydrogens (tertiary/aromatic N) is 2. The Bertz CT molecular complexity index is 1650. The van der Waals surface area contributed by atoms with Crippen molar-refractivity contribution < 1.29 is 23.1 Å². The monoisotopic (exact) mass is 614 g/mol. The summed E-state index contributed by atoms with van der Waals surface area (Å²) in [6, 6.07) is 16.4. The lowest BCUT2D eigenvalue weighted by molar-refractivity contribution is 0.0764. The number of halogens is 1. The molecule has 0 bridgehead atoms. The van der Waals surface area contributed by atoms with Gasteiger partial charge in [-0.05, 0) is 76.1 Å². The Morgan fingerprint density at radius 1 is 0.886 bits per heavy atom. The third kappa shape index (κ3) is 5.79. The molecule has 0 N–H and O–H groups in total. The molecular formula is C36H43FN2O4Si. The summed E-state index contributed by atoms with van der Waals surface area (Å²) in [5.74, 6) is 1.67. The smallest absolute Gasteiger partial charge is 0.258 e. The van der Waals surface area contributed by atoms with E-state index in [1.165, 1.54) is 12.1 Å². The van der Waals surface area contributed by atoms with Crippen LogP contribution in [0.4, 0.5) is 4.39 Å². The van der Waals surface area contributed by atoms with Gasteiger partial charge in [-0.15, -0.1) is 0 Å². The second kappa shape index (κ2) is 12.6. The van der Waals surface area contributed by atoms with Crippen molar-refractivity contribution in [3.05, 3.63) is 94.4 Å². The molecule has 0 fully saturated rings. The van der Waals surface area contributed by atoms with Gasteiger partial charge in [0.1, 0.15) is 28.6 Å². The van der Waals surface area contributed by atoms with Crippen molar-refractivity contribution >= 4 is 25.1 Å². The van der Waals surface area contributed by atoms with Crippen LogP contribution in [0.3, 0.4) is 0 Å². The molecule has 1 amide bonds. The number of hydrogen-bond acceptors (Lipinski definition) is 5. The third-order valence-electron chi connectivity index (χ3n) is 9.09. The van der Waals surface area contributed by atoms with E-state index in [9.17, 15) is 9.18 Å². The largest absolute Gasteiger partial charge is 0.541 e. The molecular weight excluding hydrogens is 571 g/mol. The van der Waals surface area contributed by atoms with Crippen LogP contribution in [0.2, 0.25) is 16.6 Å². The van der Waals surface area contributed by atoms with E-state index in [0.717, 1.165) is 27.6 Å². The number of benzene rings is 3. The van der Waals surface area contributed by atoms with Gasteiger partial charge in [0.05, 0.1) is 19.8 Å². The summed E-state index contributed by atoms with van der Waals surface area (Å²) in [6.07, 6.45) is 2.48. The Hall–Kier alpha value is -3.91. The minimum atomic E-state index is -2.44. The zero-order chi connectivity index (χ0) is 31.8. The van der Waals surface area contributed by atoms with Crippen molar-refractivity contribution in [3.8, 4) is 17.2 Å². The van der Waals surface area contributed by atoms with Crippen molar-refractivity contribution in [2.24, 2.45) is 0 Å². The Labute approximate surface area is 261 Å². The summed E-state index contributed by atoms with van der Waals surface area (Å²) >= 11 is 0. The van der Waals surface area contributed by atoms with Crippen molar-refractivity contribution in [1.29, 1.82) is 0 Å². The fourth-order valence-electron chi connectivity index (χ4n) is 7.03. The Kier molecular flexibility index (Phi) is 9.02. The minimum absolute atomic E-state index is 0.0638. The topological polar surface area (TPSA) is 60.9 Å². The van der Waals surface area contributed by atoms with Crippen molar-refractivity contribution in [2.75, 3.05) is 14.2 Å². The van der Waals surface area contributed by atoms with E-state index in [4.69, 9.17) is 18.9 Å². The molecule has 4 aromatic rings. The van der Waals surface area contributed by atoms with Gasteiger partial charge in [0.2, 0.25) is 0 Å². The van der Waals surface area contributed by atoms with Crippen LogP contribution in [-0.2, 0) is 19.5 Å². The van der Waals surface area contributed by atoms with Crippen LogP contribution in [0.5, 0.6) is 17.2 Å². The average molecular weight is 615 g/mol. The highest BCUT2D eigenvalue weighted by Crippen LogP contribution is 2.47. The molecule has 0 atom stereocenters. The molecule has 0 radical (unpaired) electrons. The highest BCUT2D eigenvalue weighted by Gasteiger charge is 2.48. The molecule has 232 valence electrons. The first kappa shape index (κ1) is 31.5. The zero-order valence-electron chi connectivity index (χ0n) is 27.0. The summed E-state index contributed by atoms with van der Waals surface area (Å²) < 4.78 is 31.8. The molecule has 0 saturated carbocycles. The second-order valence-electron chi connectivity index (χ2n) is 12.7. The molecule has 0 saturated heterocycles. The molecule has 5 rings (SSSR count). The predicted molar refractivity (Wildman–Crippen MR) is 176 cm³/mol. The molecule has 1 aliphatic rings. The third-order valence-corrected chi connectivity index (χ3v) is 15.1. The lowest BCUT2D eigenvalue weighted by atomic mass is 10.0. The molecule has 44 heavy (non-hydrogen) atoms. The van der Waals surface area contributed by atoms with E-state index in [1.807, 2.05) is 29.3 Å². The van der Waals surface area contributed by atoms with Gasteiger partial charge >= 0.3 is 0 Å². The first-order valence-electron chi connectivity index (χ1n) is 15.4. The Morgan fingerprint density at radius 3 is 2.18 bits per heavy atom. The van der Waals surface area contributed by atoms with Gasteiger partial charge in [0, 0.05) is 36.3 Å². The highest BCUT2D eigenvalue weighted by molar-refractivity contribution is 6.78. The molecule has 0 unspecified atom stereocenters. The van der Waals surface area contributed by atoms with Gasteiger partial charge in [-0.3, -0.25) is 9.78 Å². The minimum Gasteiger partial charge on any atom is -0.541 e. The van der Waals surface area contributed by atoms with E-state index in [0.29, 0.717) is 64.5 Å². The number of aromatic nitrogens is 1. The molecule has 8 heteroatoms. The van der Waals surface area contributed by atoms with E-state index in [1.54, 1.807) is 26.4 Å².